The van der Waals surface area contributed by atoms with Crippen LogP contribution in [0.4, 0.5) is 4.39 Å². The van der Waals surface area contributed by atoms with Crippen molar-refractivity contribution in [3.63, 3.8) is 0 Å². The first-order valence-corrected chi connectivity index (χ1v) is 8.46. The molecule has 2 aromatic carbocycles. The van der Waals surface area contributed by atoms with Gasteiger partial charge in [0.05, 0.1) is 0 Å². The van der Waals surface area contributed by atoms with Crippen LogP contribution in [0, 0.1) is 11.7 Å². The summed E-state index contributed by atoms with van der Waals surface area (Å²) in [6, 6.07) is 14.1. The number of fused-ring (bicyclic) bond motifs is 2. The molecule has 0 heterocycles. The van der Waals surface area contributed by atoms with Crippen LogP contribution in [-0.4, -0.2) is 0 Å². The largest absolute Gasteiger partial charge is 0.207 e. The lowest BCUT2D eigenvalue weighted by molar-refractivity contribution is 0.418. The smallest absolute Gasteiger partial charge is 0.123 e. The summed E-state index contributed by atoms with van der Waals surface area (Å²) in [7, 11) is 0. The van der Waals surface area contributed by atoms with Crippen LogP contribution < -0.4 is 0 Å². The monoisotopic (exact) mass is 296 g/mol. The Morgan fingerprint density at radius 2 is 1.82 bits per heavy atom. The zero-order valence-electron chi connectivity index (χ0n) is 13.8. The Kier molecular flexibility index (Phi) is 4.33. The van der Waals surface area contributed by atoms with Gasteiger partial charge in [0.15, 0.2) is 0 Å². The topological polar surface area (TPSA) is 0 Å². The molecule has 2 unspecified atom stereocenters. The highest BCUT2D eigenvalue weighted by Gasteiger charge is 2.29. The number of halogens is 1. The third-order valence-corrected chi connectivity index (χ3v) is 5.39. The van der Waals surface area contributed by atoms with E-state index >= 15 is 0 Å². The summed E-state index contributed by atoms with van der Waals surface area (Å²) < 4.78 is 13.8. The summed E-state index contributed by atoms with van der Waals surface area (Å²) in [4.78, 5) is 0. The molecule has 0 amide bonds. The van der Waals surface area contributed by atoms with Crippen molar-refractivity contribution in [1.29, 1.82) is 0 Å². The fraction of sp³-hybridized carbons (Fsp3) is 0.429. The lowest BCUT2D eigenvalue weighted by Gasteiger charge is -2.27. The van der Waals surface area contributed by atoms with Crippen molar-refractivity contribution in [2.24, 2.45) is 5.92 Å². The van der Waals surface area contributed by atoms with Gasteiger partial charge in [-0.25, -0.2) is 4.39 Å². The molecular formula is C21H25F. The van der Waals surface area contributed by atoms with Crippen LogP contribution >= 0.6 is 0 Å². The lowest BCUT2D eigenvalue weighted by Crippen LogP contribution is -2.12. The molecule has 1 aliphatic carbocycles. The van der Waals surface area contributed by atoms with E-state index < -0.39 is 0 Å². The molecule has 2 aromatic rings. The average molecular weight is 296 g/mol. The minimum atomic E-state index is -0.112. The standard InChI is InChI=1S/C21H25F/c1-4-14(2)11-21-15(3)20-13-18(22)10-9-17(20)12-16-7-5-6-8-19(16)21/h5-10,13-15,21H,4,11-12H2,1-3H3/t14-,15?,21?/m1/s1. The van der Waals surface area contributed by atoms with Crippen molar-refractivity contribution in [2.45, 2.75) is 51.9 Å². The molecule has 0 spiro atoms. The van der Waals surface area contributed by atoms with E-state index in [1.165, 1.54) is 35.1 Å². The molecule has 0 aliphatic heterocycles. The third kappa shape index (κ3) is 2.82. The van der Waals surface area contributed by atoms with Gasteiger partial charge < -0.3 is 0 Å². The van der Waals surface area contributed by atoms with Gasteiger partial charge in [-0.1, -0.05) is 57.5 Å². The van der Waals surface area contributed by atoms with E-state index in [0.29, 0.717) is 17.8 Å². The van der Waals surface area contributed by atoms with E-state index in [1.807, 2.05) is 6.07 Å². The molecule has 0 bridgehead atoms. The summed E-state index contributed by atoms with van der Waals surface area (Å²) in [5, 5.41) is 0. The normalized spacial score (nSPS) is 21.6. The second-order valence-corrected chi connectivity index (χ2v) is 6.86. The first-order valence-electron chi connectivity index (χ1n) is 8.46. The summed E-state index contributed by atoms with van der Waals surface area (Å²) in [5.74, 6) is 1.42. The summed E-state index contributed by atoms with van der Waals surface area (Å²) >= 11 is 0. The minimum Gasteiger partial charge on any atom is -0.207 e. The molecule has 22 heavy (non-hydrogen) atoms. The van der Waals surface area contributed by atoms with Crippen molar-refractivity contribution in [1.82, 2.24) is 0 Å². The molecule has 116 valence electrons. The Labute approximate surface area is 133 Å². The van der Waals surface area contributed by atoms with Gasteiger partial charge in [0.1, 0.15) is 5.82 Å². The van der Waals surface area contributed by atoms with E-state index in [2.05, 4.69) is 45.0 Å². The van der Waals surface area contributed by atoms with Gasteiger partial charge in [-0.3, -0.25) is 0 Å². The number of hydrogen-bond donors (Lipinski definition) is 0. The predicted octanol–water partition coefficient (Wildman–Crippen LogP) is 6.05. The molecule has 3 atom stereocenters. The first-order chi connectivity index (χ1) is 10.6. The second kappa shape index (κ2) is 6.24. The summed E-state index contributed by atoms with van der Waals surface area (Å²) in [5.41, 5.74) is 5.36. The van der Waals surface area contributed by atoms with Gasteiger partial charge in [-0.2, -0.15) is 0 Å². The van der Waals surface area contributed by atoms with E-state index in [1.54, 1.807) is 12.1 Å². The fourth-order valence-electron chi connectivity index (χ4n) is 3.83. The zero-order chi connectivity index (χ0) is 15.7. The molecule has 0 saturated carbocycles. The van der Waals surface area contributed by atoms with Crippen LogP contribution in [0.2, 0.25) is 0 Å². The Balaban J connectivity index is 2.11. The maximum Gasteiger partial charge on any atom is 0.123 e. The Morgan fingerprint density at radius 3 is 2.59 bits per heavy atom. The van der Waals surface area contributed by atoms with Crippen molar-refractivity contribution in [3.05, 3.63) is 70.5 Å². The molecule has 0 radical (unpaired) electrons. The van der Waals surface area contributed by atoms with Gasteiger partial charge in [0.2, 0.25) is 0 Å². The maximum absolute atomic E-state index is 13.8. The van der Waals surface area contributed by atoms with Crippen LogP contribution in [0.25, 0.3) is 0 Å². The molecule has 3 rings (SSSR count). The maximum atomic E-state index is 13.8. The highest BCUT2D eigenvalue weighted by atomic mass is 19.1. The molecule has 1 heteroatoms. The van der Waals surface area contributed by atoms with Crippen molar-refractivity contribution >= 4 is 0 Å². The van der Waals surface area contributed by atoms with Gasteiger partial charge in [0, 0.05) is 0 Å². The molecule has 1 aliphatic rings. The Bertz CT molecular complexity index is 659. The van der Waals surface area contributed by atoms with Gasteiger partial charge in [-0.05, 0) is 65.0 Å². The zero-order valence-corrected chi connectivity index (χ0v) is 13.8. The van der Waals surface area contributed by atoms with Crippen LogP contribution in [0.1, 0.15) is 67.7 Å². The molecule has 0 aromatic heterocycles. The SMILES string of the molecule is CC[C@@H](C)CC1c2ccccc2Cc2ccc(F)cc2C1C. The number of rotatable bonds is 3. The van der Waals surface area contributed by atoms with Crippen LogP contribution in [0.5, 0.6) is 0 Å². The lowest BCUT2D eigenvalue weighted by atomic mass is 9.77. The molecule has 0 nitrogen and oxygen atoms in total. The molecule has 0 saturated heterocycles. The van der Waals surface area contributed by atoms with E-state index in [9.17, 15) is 4.39 Å². The molecule has 0 N–H and O–H groups in total. The highest BCUT2D eigenvalue weighted by Crippen LogP contribution is 2.44. The second-order valence-electron chi connectivity index (χ2n) is 6.86. The van der Waals surface area contributed by atoms with Crippen LogP contribution in [0.3, 0.4) is 0 Å². The minimum absolute atomic E-state index is 0.112. The van der Waals surface area contributed by atoms with E-state index in [4.69, 9.17) is 0 Å². The summed E-state index contributed by atoms with van der Waals surface area (Å²) in [6.45, 7) is 6.85. The Morgan fingerprint density at radius 1 is 1.09 bits per heavy atom. The average Bonchev–Trinajstić information content (AvgIpc) is 2.64. The van der Waals surface area contributed by atoms with Crippen LogP contribution in [0.15, 0.2) is 42.5 Å². The van der Waals surface area contributed by atoms with Crippen LogP contribution in [-0.2, 0) is 6.42 Å². The van der Waals surface area contributed by atoms with Gasteiger partial charge >= 0.3 is 0 Å². The van der Waals surface area contributed by atoms with Crippen molar-refractivity contribution in [3.8, 4) is 0 Å². The third-order valence-electron chi connectivity index (χ3n) is 5.39. The Hall–Kier alpha value is -1.63. The highest BCUT2D eigenvalue weighted by molar-refractivity contribution is 5.45. The first kappa shape index (κ1) is 15.3. The quantitative estimate of drug-likeness (QED) is 0.646. The van der Waals surface area contributed by atoms with E-state index in [-0.39, 0.29) is 5.82 Å². The van der Waals surface area contributed by atoms with Gasteiger partial charge in [-0.15, -0.1) is 0 Å². The number of hydrogen-bond acceptors (Lipinski definition) is 0. The molecule has 0 fully saturated rings. The summed E-state index contributed by atoms with van der Waals surface area (Å²) in [6.07, 6.45) is 3.29. The van der Waals surface area contributed by atoms with Gasteiger partial charge in [0.25, 0.3) is 0 Å². The fourth-order valence-corrected chi connectivity index (χ4v) is 3.83. The van der Waals surface area contributed by atoms with Crippen molar-refractivity contribution < 1.29 is 4.39 Å². The van der Waals surface area contributed by atoms with Crippen molar-refractivity contribution in [2.75, 3.05) is 0 Å². The van der Waals surface area contributed by atoms with E-state index in [0.717, 1.165) is 6.42 Å². The predicted molar refractivity (Wildman–Crippen MR) is 90.9 cm³/mol. The number of benzene rings is 2. The molecular weight excluding hydrogens is 271 g/mol.